The Bertz CT molecular complexity index is 295. The third kappa shape index (κ3) is 4.40. The lowest BCUT2D eigenvalue weighted by Crippen LogP contribution is -2.51. The minimum atomic E-state index is 0.0290. The van der Waals surface area contributed by atoms with E-state index in [1.165, 1.54) is 32.1 Å². The number of rotatable bonds is 4. The van der Waals surface area contributed by atoms with Crippen molar-refractivity contribution in [2.24, 2.45) is 5.92 Å². The number of carbonyl (C=O) groups is 2. The van der Waals surface area contributed by atoms with E-state index in [0.29, 0.717) is 26.2 Å². The summed E-state index contributed by atoms with van der Waals surface area (Å²) >= 11 is 0. The summed E-state index contributed by atoms with van der Waals surface area (Å²) in [7, 11) is 0. The average Bonchev–Trinajstić information content (AvgIpc) is 2.48. The predicted molar refractivity (Wildman–Crippen MR) is 73.8 cm³/mol. The van der Waals surface area contributed by atoms with Crippen LogP contribution in [0.1, 0.15) is 38.5 Å². The molecule has 1 N–H and O–H groups in total. The first-order valence-electron chi connectivity index (χ1n) is 7.51. The van der Waals surface area contributed by atoms with E-state index in [0.717, 1.165) is 25.3 Å². The van der Waals surface area contributed by atoms with Crippen LogP contribution in [0.2, 0.25) is 0 Å². The molecule has 0 bridgehead atoms. The van der Waals surface area contributed by atoms with Crippen LogP contribution in [0.4, 0.5) is 4.79 Å². The second-order valence-electron chi connectivity index (χ2n) is 5.65. The molecule has 1 saturated carbocycles. The van der Waals surface area contributed by atoms with Crippen LogP contribution < -0.4 is 5.32 Å². The topological polar surface area (TPSA) is 52.7 Å². The standard InChI is InChI=1S/C14H25N3O2/c18-12-16-8-10-17(11-9-16)14(19)15-7-6-13-4-2-1-3-5-13/h12-13H,1-11H2,(H,15,19). The number of hydrogen-bond donors (Lipinski definition) is 1. The molecule has 2 fully saturated rings. The van der Waals surface area contributed by atoms with E-state index < -0.39 is 0 Å². The molecule has 1 aliphatic heterocycles. The van der Waals surface area contributed by atoms with Crippen molar-refractivity contribution in [2.45, 2.75) is 38.5 Å². The number of urea groups is 1. The maximum Gasteiger partial charge on any atom is 0.317 e. The molecule has 0 spiro atoms. The van der Waals surface area contributed by atoms with Crippen molar-refractivity contribution in [2.75, 3.05) is 32.7 Å². The number of amides is 3. The van der Waals surface area contributed by atoms with E-state index in [4.69, 9.17) is 0 Å². The van der Waals surface area contributed by atoms with Gasteiger partial charge < -0.3 is 15.1 Å². The molecule has 0 unspecified atom stereocenters. The highest BCUT2D eigenvalue weighted by molar-refractivity contribution is 5.74. The van der Waals surface area contributed by atoms with Crippen LogP contribution in [0.15, 0.2) is 0 Å². The maximum atomic E-state index is 11.9. The average molecular weight is 267 g/mol. The molecule has 3 amide bonds. The van der Waals surface area contributed by atoms with E-state index in [2.05, 4.69) is 5.32 Å². The van der Waals surface area contributed by atoms with Crippen molar-refractivity contribution in [3.05, 3.63) is 0 Å². The second kappa shape index (κ2) is 7.36. The van der Waals surface area contributed by atoms with Crippen LogP contribution in [0, 0.1) is 5.92 Å². The molecule has 0 aromatic carbocycles. The van der Waals surface area contributed by atoms with Crippen molar-refractivity contribution in [1.29, 1.82) is 0 Å². The van der Waals surface area contributed by atoms with Gasteiger partial charge in [0, 0.05) is 32.7 Å². The molecule has 1 aliphatic carbocycles. The van der Waals surface area contributed by atoms with Gasteiger partial charge in [-0.2, -0.15) is 0 Å². The highest BCUT2D eigenvalue weighted by Gasteiger charge is 2.20. The molecule has 0 radical (unpaired) electrons. The third-order valence-electron chi connectivity index (χ3n) is 4.30. The fraction of sp³-hybridized carbons (Fsp3) is 0.857. The van der Waals surface area contributed by atoms with Gasteiger partial charge in [-0.05, 0) is 12.3 Å². The fourth-order valence-corrected chi connectivity index (χ4v) is 3.00. The summed E-state index contributed by atoms with van der Waals surface area (Å²) in [6.45, 7) is 3.39. The van der Waals surface area contributed by atoms with Crippen molar-refractivity contribution < 1.29 is 9.59 Å². The SMILES string of the molecule is O=CN1CCN(C(=O)NCCC2CCCCC2)CC1. The lowest BCUT2D eigenvalue weighted by Gasteiger charge is -2.32. The molecule has 1 saturated heterocycles. The van der Waals surface area contributed by atoms with Gasteiger partial charge in [-0.1, -0.05) is 32.1 Å². The molecule has 2 aliphatic rings. The molecule has 5 heteroatoms. The highest BCUT2D eigenvalue weighted by atomic mass is 16.2. The summed E-state index contributed by atoms with van der Waals surface area (Å²) in [6.07, 6.45) is 8.71. The molecule has 0 aromatic rings. The Morgan fingerprint density at radius 3 is 2.42 bits per heavy atom. The lowest BCUT2D eigenvalue weighted by atomic mass is 9.87. The minimum absolute atomic E-state index is 0.0290. The molecular formula is C14H25N3O2. The van der Waals surface area contributed by atoms with Gasteiger partial charge in [0.2, 0.25) is 6.41 Å². The van der Waals surface area contributed by atoms with Gasteiger partial charge in [0.15, 0.2) is 0 Å². The van der Waals surface area contributed by atoms with Crippen LogP contribution in [-0.4, -0.2) is 55.0 Å². The molecular weight excluding hydrogens is 242 g/mol. The van der Waals surface area contributed by atoms with Gasteiger partial charge in [0.05, 0.1) is 0 Å². The summed E-state index contributed by atoms with van der Waals surface area (Å²) < 4.78 is 0. The van der Waals surface area contributed by atoms with Gasteiger partial charge >= 0.3 is 6.03 Å². The van der Waals surface area contributed by atoms with Crippen LogP contribution in [-0.2, 0) is 4.79 Å². The summed E-state index contributed by atoms with van der Waals surface area (Å²) in [5, 5.41) is 3.01. The summed E-state index contributed by atoms with van der Waals surface area (Å²) in [6, 6.07) is 0.0290. The normalized spacial score (nSPS) is 21.3. The minimum Gasteiger partial charge on any atom is -0.342 e. The van der Waals surface area contributed by atoms with Crippen molar-refractivity contribution >= 4 is 12.4 Å². The van der Waals surface area contributed by atoms with Crippen molar-refractivity contribution in [1.82, 2.24) is 15.1 Å². The van der Waals surface area contributed by atoms with Crippen molar-refractivity contribution in [3.8, 4) is 0 Å². The smallest absolute Gasteiger partial charge is 0.317 e. The Balaban J connectivity index is 1.60. The maximum absolute atomic E-state index is 11.9. The van der Waals surface area contributed by atoms with Crippen LogP contribution >= 0.6 is 0 Å². The van der Waals surface area contributed by atoms with E-state index >= 15 is 0 Å². The Labute approximate surface area is 115 Å². The van der Waals surface area contributed by atoms with Crippen molar-refractivity contribution in [3.63, 3.8) is 0 Å². The fourth-order valence-electron chi connectivity index (χ4n) is 3.00. The molecule has 2 rings (SSSR count). The van der Waals surface area contributed by atoms with Crippen LogP contribution in [0.5, 0.6) is 0 Å². The van der Waals surface area contributed by atoms with Crippen LogP contribution in [0.3, 0.4) is 0 Å². The summed E-state index contributed by atoms with van der Waals surface area (Å²) in [4.78, 5) is 26.1. The Hall–Kier alpha value is -1.26. The van der Waals surface area contributed by atoms with Gasteiger partial charge in [-0.25, -0.2) is 4.79 Å². The molecule has 5 nitrogen and oxygen atoms in total. The monoisotopic (exact) mass is 267 g/mol. The number of hydrogen-bond acceptors (Lipinski definition) is 2. The first kappa shape index (κ1) is 14.2. The van der Waals surface area contributed by atoms with E-state index in [1.54, 1.807) is 9.80 Å². The number of nitrogens with one attached hydrogen (secondary N) is 1. The Morgan fingerprint density at radius 2 is 1.79 bits per heavy atom. The molecule has 0 atom stereocenters. The van der Waals surface area contributed by atoms with Gasteiger partial charge in [0.25, 0.3) is 0 Å². The van der Waals surface area contributed by atoms with E-state index in [9.17, 15) is 9.59 Å². The number of nitrogens with zero attached hydrogens (tertiary/aromatic N) is 2. The highest BCUT2D eigenvalue weighted by Crippen LogP contribution is 2.25. The molecule has 1 heterocycles. The third-order valence-corrected chi connectivity index (χ3v) is 4.30. The van der Waals surface area contributed by atoms with Gasteiger partial charge in [-0.3, -0.25) is 4.79 Å². The zero-order valence-electron chi connectivity index (χ0n) is 11.6. The first-order chi connectivity index (χ1) is 9.29. The van der Waals surface area contributed by atoms with Gasteiger partial charge in [0.1, 0.15) is 0 Å². The quantitative estimate of drug-likeness (QED) is 0.784. The first-order valence-corrected chi connectivity index (χ1v) is 7.51. The zero-order chi connectivity index (χ0) is 13.5. The predicted octanol–water partition coefficient (Wildman–Crippen LogP) is 1.44. The summed E-state index contributed by atoms with van der Waals surface area (Å²) in [5.41, 5.74) is 0. The largest absolute Gasteiger partial charge is 0.342 e. The zero-order valence-corrected chi connectivity index (χ0v) is 11.6. The Morgan fingerprint density at radius 1 is 1.11 bits per heavy atom. The van der Waals surface area contributed by atoms with Gasteiger partial charge in [-0.15, -0.1) is 0 Å². The van der Waals surface area contributed by atoms with E-state index in [-0.39, 0.29) is 6.03 Å². The van der Waals surface area contributed by atoms with Crippen LogP contribution in [0.25, 0.3) is 0 Å². The Kier molecular flexibility index (Phi) is 5.48. The molecule has 19 heavy (non-hydrogen) atoms. The lowest BCUT2D eigenvalue weighted by molar-refractivity contribution is -0.119. The second-order valence-corrected chi connectivity index (χ2v) is 5.65. The van der Waals surface area contributed by atoms with E-state index in [1.807, 2.05) is 0 Å². The number of piperazine rings is 1. The molecule has 108 valence electrons. The number of carbonyl (C=O) groups excluding carboxylic acids is 2. The molecule has 0 aromatic heterocycles. The summed E-state index contributed by atoms with van der Waals surface area (Å²) in [5.74, 6) is 0.806.